The van der Waals surface area contributed by atoms with Gasteiger partial charge in [0, 0.05) is 33.3 Å². The van der Waals surface area contributed by atoms with Crippen molar-refractivity contribution < 1.29 is 17.9 Å². The standard InChI is InChI=1S/C20H34N4O4S.HI/c1-5-21-19(23-16-20(2,3)27-4)22-14-17-8-6-7-9-18(17)15-29(25,26)24-10-12-28-13-11-24;/h6-9H,5,10-16H2,1-4H3,(H2,21,22,23);1H. The number of guanidine groups is 1. The second-order valence-corrected chi connectivity index (χ2v) is 9.52. The number of nitrogens with zero attached hydrogens (tertiary/aromatic N) is 2. The van der Waals surface area contributed by atoms with Gasteiger partial charge in [0.1, 0.15) is 0 Å². The third-order valence-corrected chi connectivity index (χ3v) is 6.63. The monoisotopic (exact) mass is 554 g/mol. The van der Waals surface area contributed by atoms with Crippen molar-refractivity contribution in [1.82, 2.24) is 14.9 Å². The summed E-state index contributed by atoms with van der Waals surface area (Å²) in [4.78, 5) is 4.63. The van der Waals surface area contributed by atoms with E-state index in [-0.39, 0.29) is 35.3 Å². The fourth-order valence-electron chi connectivity index (χ4n) is 2.84. The molecule has 10 heteroatoms. The third kappa shape index (κ3) is 8.66. The van der Waals surface area contributed by atoms with Gasteiger partial charge in [0.25, 0.3) is 0 Å². The molecule has 30 heavy (non-hydrogen) atoms. The molecule has 0 atom stereocenters. The SMILES string of the molecule is CCNC(=NCc1ccccc1CS(=O)(=O)N1CCOCC1)NCC(C)(C)OC.I. The maximum Gasteiger partial charge on any atom is 0.218 e. The highest BCUT2D eigenvalue weighted by atomic mass is 127. The van der Waals surface area contributed by atoms with E-state index in [1.807, 2.05) is 45.0 Å². The molecule has 1 heterocycles. The van der Waals surface area contributed by atoms with Crippen molar-refractivity contribution >= 4 is 40.0 Å². The molecule has 1 aromatic rings. The van der Waals surface area contributed by atoms with Crippen LogP contribution in [-0.4, -0.2) is 70.8 Å². The predicted octanol–water partition coefficient (Wildman–Crippen LogP) is 1.95. The van der Waals surface area contributed by atoms with Gasteiger partial charge in [-0.2, -0.15) is 4.31 Å². The molecular weight excluding hydrogens is 519 g/mol. The molecule has 0 aromatic heterocycles. The van der Waals surface area contributed by atoms with Crippen molar-refractivity contribution in [3.63, 3.8) is 0 Å². The van der Waals surface area contributed by atoms with E-state index in [1.165, 1.54) is 4.31 Å². The molecule has 0 aliphatic carbocycles. The van der Waals surface area contributed by atoms with Crippen LogP contribution >= 0.6 is 24.0 Å². The van der Waals surface area contributed by atoms with Crippen molar-refractivity contribution in [3.05, 3.63) is 35.4 Å². The van der Waals surface area contributed by atoms with Gasteiger partial charge in [0.2, 0.25) is 10.0 Å². The summed E-state index contributed by atoms with van der Waals surface area (Å²) in [6.45, 7) is 9.42. The molecule has 0 amide bonds. The van der Waals surface area contributed by atoms with Crippen LogP contribution in [0.5, 0.6) is 0 Å². The molecule has 0 saturated carbocycles. The molecule has 1 aromatic carbocycles. The maximum absolute atomic E-state index is 12.8. The predicted molar refractivity (Wildman–Crippen MR) is 131 cm³/mol. The summed E-state index contributed by atoms with van der Waals surface area (Å²) in [5.41, 5.74) is 1.35. The summed E-state index contributed by atoms with van der Waals surface area (Å²) >= 11 is 0. The van der Waals surface area contributed by atoms with Gasteiger partial charge in [-0.25, -0.2) is 13.4 Å². The molecule has 1 saturated heterocycles. The zero-order valence-corrected chi connectivity index (χ0v) is 21.5. The van der Waals surface area contributed by atoms with Gasteiger partial charge < -0.3 is 20.1 Å². The van der Waals surface area contributed by atoms with Crippen LogP contribution in [0, 0.1) is 0 Å². The summed E-state index contributed by atoms with van der Waals surface area (Å²) in [5.74, 6) is 0.641. The van der Waals surface area contributed by atoms with Gasteiger partial charge in [-0.15, -0.1) is 24.0 Å². The average molecular weight is 554 g/mol. The Labute approximate surface area is 197 Å². The minimum Gasteiger partial charge on any atom is -0.379 e. The number of halogens is 1. The molecule has 0 unspecified atom stereocenters. The highest BCUT2D eigenvalue weighted by Crippen LogP contribution is 2.17. The van der Waals surface area contributed by atoms with E-state index < -0.39 is 10.0 Å². The second kappa shape index (κ2) is 12.8. The van der Waals surface area contributed by atoms with Crippen LogP contribution in [-0.2, 0) is 31.8 Å². The van der Waals surface area contributed by atoms with E-state index in [0.717, 1.165) is 17.7 Å². The van der Waals surface area contributed by atoms with Gasteiger partial charge in [-0.3, -0.25) is 0 Å². The van der Waals surface area contributed by atoms with E-state index in [1.54, 1.807) is 7.11 Å². The van der Waals surface area contributed by atoms with Crippen LogP contribution < -0.4 is 10.6 Å². The van der Waals surface area contributed by atoms with E-state index in [2.05, 4.69) is 15.6 Å². The number of sulfonamides is 1. The van der Waals surface area contributed by atoms with Crippen LogP contribution in [0.1, 0.15) is 31.9 Å². The molecule has 1 fully saturated rings. The fourth-order valence-corrected chi connectivity index (χ4v) is 4.40. The summed E-state index contributed by atoms with van der Waals surface area (Å²) in [5, 5.41) is 6.49. The van der Waals surface area contributed by atoms with Gasteiger partial charge in [0.05, 0.1) is 31.1 Å². The summed E-state index contributed by atoms with van der Waals surface area (Å²) in [6, 6.07) is 7.56. The highest BCUT2D eigenvalue weighted by Gasteiger charge is 2.25. The molecular formula is C20H35IN4O4S. The first kappa shape index (κ1) is 27.1. The zero-order valence-electron chi connectivity index (χ0n) is 18.3. The Morgan fingerprint density at radius 1 is 1.20 bits per heavy atom. The Bertz CT molecular complexity index is 781. The molecule has 0 spiro atoms. The lowest BCUT2D eigenvalue weighted by molar-refractivity contribution is 0.0268. The van der Waals surface area contributed by atoms with Gasteiger partial charge in [-0.05, 0) is 31.9 Å². The Hall–Kier alpha value is -0.950. The topological polar surface area (TPSA) is 92.3 Å². The molecule has 0 radical (unpaired) electrons. The molecule has 172 valence electrons. The normalized spacial score (nSPS) is 16.1. The number of hydrogen-bond acceptors (Lipinski definition) is 5. The first-order valence-corrected chi connectivity index (χ1v) is 11.6. The number of methoxy groups -OCH3 is 1. The van der Waals surface area contributed by atoms with E-state index in [4.69, 9.17) is 9.47 Å². The number of rotatable bonds is 9. The number of nitrogens with one attached hydrogen (secondary N) is 2. The van der Waals surface area contributed by atoms with E-state index in [0.29, 0.717) is 45.4 Å². The summed E-state index contributed by atoms with van der Waals surface area (Å²) in [6.07, 6.45) is 0. The Morgan fingerprint density at radius 3 is 2.43 bits per heavy atom. The lowest BCUT2D eigenvalue weighted by Gasteiger charge is -2.26. The first-order valence-electron chi connectivity index (χ1n) is 9.97. The second-order valence-electron chi connectivity index (χ2n) is 7.55. The summed E-state index contributed by atoms with van der Waals surface area (Å²) in [7, 11) is -1.71. The van der Waals surface area contributed by atoms with Crippen LogP contribution in [0.4, 0.5) is 0 Å². The van der Waals surface area contributed by atoms with Crippen LogP contribution in [0.25, 0.3) is 0 Å². The first-order chi connectivity index (χ1) is 13.8. The molecule has 1 aliphatic heterocycles. The van der Waals surface area contributed by atoms with Gasteiger partial charge in [0.15, 0.2) is 5.96 Å². The average Bonchev–Trinajstić information content (AvgIpc) is 2.71. The maximum atomic E-state index is 12.8. The van der Waals surface area contributed by atoms with Crippen molar-refractivity contribution in [3.8, 4) is 0 Å². The van der Waals surface area contributed by atoms with Crippen molar-refractivity contribution in [1.29, 1.82) is 0 Å². The highest BCUT2D eigenvalue weighted by molar-refractivity contribution is 14.0. The fraction of sp³-hybridized carbons (Fsp3) is 0.650. The molecule has 2 N–H and O–H groups in total. The third-order valence-electron chi connectivity index (χ3n) is 4.81. The molecule has 8 nitrogen and oxygen atoms in total. The molecule has 0 bridgehead atoms. The zero-order chi connectivity index (χ0) is 21.3. The van der Waals surface area contributed by atoms with E-state index >= 15 is 0 Å². The lowest BCUT2D eigenvalue weighted by atomic mass is 10.1. The molecule has 2 rings (SSSR count). The van der Waals surface area contributed by atoms with Crippen LogP contribution in [0.15, 0.2) is 29.3 Å². The van der Waals surface area contributed by atoms with Crippen molar-refractivity contribution in [2.75, 3.05) is 46.5 Å². The van der Waals surface area contributed by atoms with Gasteiger partial charge >= 0.3 is 0 Å². The van der Waals surface area contributed by atoms with Crippen molar-refractivity contribution in [2.24, 2.45) is 4.99 Å². The largest absolute Gasteiger partial charge is 0.379 e. The lowest BCUT2D eigenvalue weighted by Crippen LogP contribution is -2.45. The number of benzene rings is 1. The minimum absolute atomic E-state index is 0. The number of ether oxygens (including phenoxy) is 2. The Balaban J connectivity index is 0.00000450. The van der Waals surface area contributed by atoms with Crippen molar-refractivity contribution in [2.45, 2.75) is 38.7 Å². The number of morpholine rings is 1. The Kier molecular flexibility index (Phi) is 11.6. The number of hydrogen-bond donors (Lipinski definition) is 2. The molecule has 1 aliphatic rings. The quantitative estimate of drug-likeness (QED) is 0.276. The summed E-state index contributed by atoms with van der Waals surface area (Å²) < 4.78 is 37.8. The van der Waals surface area contributed by atoms with Crippen LogP contribution in [0.2, 0.25) is 0 Å². The number of aliphatic imine (C=N–C) groups is 1. The van der Waals surface area contributed by atoms with Crippen LogP contribution in [0.3, 0.4) is 0 Å². The van der Waals surface area contributed by atoms with E-state index in [9.17, 15) is 8.42 Å². The smallest absolute Gasteiger partial charge is 0.218 e. The minimum atomic E-state index is -3.38. The van der Waals surface area contributed by atoms with Gasteiger partial charge in [-0.1, -0.05) is 24.3 Å². The Morgan fingerprint density at radius 2 is 1.83 bits per heavy atom.